The average molecular weight is 256 g/mol. The minimum atomic E-state index is -4.27. The summed E-state index contributed by atoms with van der Waals surface area (Å²) in [6.07, 6.45) is -0.216. The zero-order chi connectivity index (χ0) is 13.2. The van der Waals surface area contributed by atoms with E-state index in [0.717, 1.165) is 6.07 Å². The Morgan fingerprint density at radius 3 is 2.29 bits per heavy atom. The van der Waals surface area contributed by atoms with Crippen molar-refractivity contribution in [2.45, 2.75) is 25.2 Å². The molecule has 0 spiro atoms. The molecule has 1 N–H and O–H groups in total. The lowest BCUT2D eigenvalue weighted by molar-refractivity contribution is -0.116. The third-order valence-electron chi connectivity index (χ3n) is 2.21. The van der Waals surface area contributed by atoms with Crippen molar-refractivity contribution in [3.63, 3.8) is 0 Å². The van der Waals surface area contributed by atoms with E-state index in [0.29, 0.717) is 5.56 Å². The molecule has 1 aromatic rings. The summed E-state index contributed by atoms with van der Waals surface area (Å²) in [5, 5.41) is 0. The van der Waals surface area contributed by atoms with Crippen molar-refractivity contribution >= 4 is 21.7 Å². The monoisotopic (exact) mass is 256 g/mol. The van der Waals surface area contributed by atoms with Crippen LogP contribution in [0.2, 0.25) is 0 Å². The van der Waals surface area contributed by atoms with Crippen LogP contribution in [-0.2, 0) is 14.9 Å². The summed E-state index contributed by atoms with van der Waals surface area (Å²) >= 11 is 0. The molecule has 0 bridgehead atoms. The van der Waals surface area contributed by atoms with Gasteiger partial charge in [-0.15, -0.1) is 0 Å². The van der Waals surface area contributed by atoms with Gasteiger partial charge in [0.25, 0.3) is 10.1 Å². The van der Waals surface area contributed by atoms with Gasteiger partial charge in [0.15, 0.2) is 5.78 Å². The van der Waals surface area contributed by atoms with E-state index in [9.17, 15) is 18.0 Å². The molecule has 0 aliphatic rings. The molecule has 0 aliphatic carbocycles. The summed E-state index contributed by atoms with van der Waals surface area (Å²) in [7, 11) is -4.27. The van der Waals surface area contributed by atoms with E-state index in [1.54, 1.807) is 6.92 Å². The van der Waals surface area contributed by atoms with E-state index in [1.165, 1.54) is 19.1 Å². The Morgan fingerprint density at radius 2 is 1.88 bits per heavy atom. The van der Waals surface area contributed by atoms with Crippen LogP contribution >= 0.6 is 0 Å². The lowest BCUT2D eigenvalue weighted by Gasteiger charge is -2.05. The molecule has 92 valence electrons. The second-order valence-electron chi connectivity index (χ2n) is 3.75. The van der Waals surface area contributed by atoms with Crippen molar-refractivity contribution in [1.29, 1.82) is 0 Å². The maximum atomic E-state index is 11.6. The standard InChI is InChI=1S/C11H12O5S/c1-7-5-9(17(14,15)16)3-4-10(7)11(13)6-8(2)12/h3-5H,6H2,1-2H3,(H,14,15,16). The van der Waals surface area contributed by atoms with Crippen LogP contribution in [0.5, 0.6) is 0 Å². The van der Waals surface area contributed by atoms with E-state index < -0.39 is 10.1 Å². The minimum Gasteiger partial charge on any atom is -0.300 e. The van der Waals surface area contributed by atoms with Gasteiger partial charge < -0.3 is 0 Å². The van der Waals surface area contributed by atoms with Crippen molar-refractivity contribution in [3.8, 4) is 0 Å². The number of carbonyl (C=O) groups is 2. The highest BCUT2D eigenvalue weighted by Gasteiger charge is 2.15. The number of carbonyl (C=O) groups excluding carboxylic acids is 2. The van der Waals surface area contributed by atoms with E-state index in [2.05, 4.69) is 0 Å². The molecule has 0 amide bonds. The zero-order valence-electron chi connectivity index (χ0n) is 9.43. The molecule has 0 unspecified atom stereocenters. The first-order chi connectivity index (χ1) is 7.71. The third kappa shape index (κ3) is 3.47. The maximum absolute atomic E-state index is 11.6. The fourth-order valence-corrected chi connectivity index (χ4v) is 2.00. The van der Waals surface area contributed by atoms with Crippen LogP contribution in [0, 0.1) is 6.92 Å². The second kappa shape index (κ2) is 4.77. The molecule has 0 fully saturated rings. The summed E-state index contributed by atoms with van der Waals surface area (Å²) in [5.74, 6) is -0.620. The summed E-state index contributed by atoms with van der Waals surface area (Å²) in [6, 6.07) is 3.63. The topological polar surface area (TPSA) is 88.5 Å². The molecular formula is C11H12O5S. The first-order valence-corrected chi connectivity index (χ1v) is 6.26. The normalized spacial score (nSPS) is 11.2. The summed E-state index contributed by atoms with van der Waals surface area (Å²) < 4.78 is 30.5. The number of ketones is 2. The van der Waals surface area contributed by atoms with Crippen LogP contribution in [0.1, 0.15) is 29.3 Å². The Labute approximate surface area is 99.2 Å². The van der Waals surface area contributed by atoms with Gasteiger partial charge >= 0.3 is 0 Å². The second-order valence-corrected chi connectivity index (χ2v) is 5.18. The van der Waals surface area contributed by atoms with Crippen molar-refractivity contribution in [1.82, 2.24) is 0 Å². The number of aryl methyl sites for hydroxylation is 1. The first kappa shape index (κ1) is 13.5. The number of Topliss-reactive ketones (excluding diaryl/α,β-unsaturated/α-hetero) is 2. The van der Waals surface area contributed by atoms with Crippen LogP contribution in [0.4, 0.5) is 0 Å². The van der Waals surface area contributed by atoms with Gasteiger partial charge in [-0.3, -0.25) is 14.1 Å². The predicted octanol–water partition coefficient (Wildman–Crippen LogP) is 1.40. The van der Waals surface area contributed by atoms with Gasteiger partial charge in [-0.25, -0.2) is 0 Å². The van der Waals surface area contributed by atoms with E-state index in [4.69, 9.17) is 4.55 Å². The molecular weight excluding hydrogens is 244 g/mol. The van der Waals surface area contributed by atoms with Crippen molar-refractivity contribution in [3.05, 3.63) is 29.3 Å². The molecule has 0 saturated carbocycles. The zero-order valence-corrected chi connectivity index (χ0v) is 10.2. The lowest BCUT2D eigenvalue weighted by atomic mass is 10.0. The molecule has 5 nitrogen and oxygen atoms in total. The van der Waals surface area contributed by atoms with Crippen LogP contribution < -0.4 is 0 Å². The highest BCUT2D eigenvalue weighted by Crippen LogP contribution is 2.16. The summed E-state index contributed by atoms with van der Waals surface area (Å²) in [5.41, 5.74) is 0.693. The highest BCUT2D eigenvalue weighted by atomic mass is 32.2. The van der Waals surface area contributed by atoms with Crippen LogP contribution in [0.3, 0.4) is 0 Å². The highest BCUT2D eigenvalue weighted by molar-refractivity contribution is 7.85. The van der Waals surface area contributed by atoms with Crippen molar-refractivity contribution in [2.24, 2.45) is 0 Å². The lowest BCUT2D eigenvalue weighted by Crippen LogP contribution is -2.08. The summed E-state index contributed by atoms with van der Waals surface area (Å²) in [4.78, 5) is 22.1. The fourth-order valence-electron chi connectivity index (χ4n) is 1.43. The van der Waals surface area contributed by atoms with Crippen LogP contribution in [-0.4, -0.2) is 24.5 Å². The maximum Gasteiger partial charge on any atom is 0.294 e. The number of rotatable bonds is 4. The summed E-state index contributed by atoms with van der Waals surface area (Å²) in [6.45, 7) is 2.85. The third-order valence-corrected chi connectivity index (χ3v) is 3.06. The Morgan fingerprint density at radius 1 is 1.29 bits per heavy atom. The molecule has 0 aliphatic heterocycles. The molecule has 0 saturated heterocycles. The Balaban J connectivity index is 3.15. The van der Waals surface area contributed by atoms with Gasteiger partial charge in [0.2, 0.25) is 0 Å². The van der Waals surface area contributed by atoms with Gasteiger partial charge in [-0.1, -0.05) is 0 Å². The molecule has 0 atom stereocenters. The van der Waals surface area contributed by atoms with Gasteiger partial charge in [-0.2, -0.15) is 8.42 Å². The smallest absolute Gasteiger partial charge is 0.294 e. The molecule has 6 heteroatoms. The number of hydrogen-bond donors (Lipinski definition) is 1. The van der Waals surface area contributed by atoms with Crippen molar-refractivity contribution < 1.29 is 22.6 Å². The quantitative estimate of drug-likeness (QED) is 0.499. The van der Waals surface area contributed by atoms with Crippen LogP contribution in [0.15, 0.2) is 23.1 Å². The number of hydrogen-bond acceptors (Lipinski definition) is 4. The molecule has 0 radical (unpaired) electrons. The molecule has 0 aromatic heterocycles. The molecule has 17 heavy (non-hydrogen) atoms. The van der Waals surface area contributed by atoms with E-state index in [1.807, 2.05) is 0 Å². The Bertz CT molecular complexity index is 572. The average Bonchev–Trinajstić information content (AvgIpc) is 2.14. The van der Waals surface area contributed by atoms with E-state index >= 15 is 0 Å². The molecule has 0 heterocycles. The minimum absolute atomic E-state index is 0.216. The first-order valence-electron chi connectivity index (χ1n) is 4.82. The van der Waals surface area contributed by atoms with Gasteiger partial charge in [0.1, 0.15) is 5.78 Å². The number of benzene rings is 1. The van der Waals surface area contributed by atoms with Gasteiger partial charge in [0, 0.05) is 5.56 Å². The van der Waals surface area contributed by atoms with Gasteiger partial charge in [-0.05, 0) is 37.6 Å². The van der Waals surface area contributed by atoms with Gasteiger partial charge in [0.05, 0.1) is 11.3 Å². The fraction of sp³-hybridized carbons (Fsp3) is 0.273. The largest absolute Gasteiger partial charge is 0.300 e. The molecule has 1 rings (SSSR count). The molecule has 1 aromatic carbocycles. The predicted molar refractivity (Wildman–Crippen MR) is 60.6 cm³/mol. The Kier molecular flexibility index (Phi) is 3.79. The van der Waals surface area contributed by atoms with E-state index in [-0.39, 0.29) is 28.4 Å². The SMILES string of the molecule is CC(=O)CC(=O)c1ccc(S(=O)(=O)O)cc1C. The Hall–Kier alpha value is -1.53. The van der Waals surface area contributed by atoms with Crippen LogP contribution in [0.25, 0.3) is 0 Å². The van der Waals surface area contributed by atoms with Crippen molar-refractivity contribution in [2.75, 3.05) is 0 Å².